The van der Waals surface area contributed by atoms with Crippen LogP contribution in [0.4, 0.5) is 0 Å². The molecule has 2 rings (SSSR count). The van der Waals surface area contributed by atoms with E-state index in [-0.39, 0.29) is 5.41 Å². The number of aromatic nitrogens is 2. The summed E-state index contributed by atoms with van der Waals surface area (Å²) in [5.41, 5.74) is 1.98. The Morgan fingerprint density at radius 2 is 1.89 bits per heavy atom. The third kappa shape index (κ3) is 3.01. The average molecular weight is 274 g/mol. The van der Waals surface area contributed by atoms with E-state index in [1.807, 2.05) is 30.3 Å². The Labute approximate surface area is 118 Å². The molecule has 3 nitrogen and oxygen atoms in total. The fraction of sp³-hybridized carbons (Fsp3) is 0.333. The molecule has 4 heteroatoms. The zero-order valence-corrected chi connectivity index (χ0v) is 12.5. The van der Waals surface area contributed by atoms with Crippen LogP contribution in [0.25, 0.3) is 11.4 Å². The van der Waals surface area contributed by atoms with E-state index in [1.54, 1.807) is 7.11 Å². The second kappa shape index (κ2) is 5.13. The number of rotatable bonds is 2. The van der Waals surface area contributed by atoms with E-state index in [2.05, 4.69) is 30.7 Å². The summed E-state index contributed by atoms with van der Waals surface area (Å²) in [7, 11) is 1.65. The number of methoxy groups -OCH3 is 1. The molecule has 0 bridgehead atoms. The summed E-state index contributed by atoms with van der Waals surface area (Å²) in [6.07, 6.45) is 0. The van der Waals surface area contributed by atoms with Gasteiger partial charge in [-0.15, -0.1) is 0 Å². The van der Waals surface area contributed by atoms with Crippen LogP contribution >= 0.6 is 12.2 Å². The number of H-pyrrole nitrogens is 1. The summed E-state index contributed by atoms with van der Waals surface area (Å²) in [5.74, 6) is 1.53. The Morgan fingerprint density at radius 1 is 1.21 bits per heavy atom. The van der Waals surface area contributed by atoms with Gasteiger partial charge in [-0.1, -0.05) is 45.1 Å². The van der Waals surface area contributed by atoms with Crippen molar-refractivity contribution in [3.8, 4) is 17.1 Å². The molecular formula is C15H18N2OS. The van der Waals surface area contributed by atoms with Crippen molar-refractivity contribution in [3.63, 3.8) is 0 Å². The van der Waals surface area contributed by atoms with E-state index in [9.17, 15) is 0 Å². The van der Waals surface area contributed by atoms with Crippen molar-refractivity contribution >= 4 is 12.2 Å². The maximum atomic E-state index is 5.37. The van der Waals surface area contributed by atoms with Crippen molar-refractivity contribution in [2.24, 2.45) is 0 Å². The standard InChI is InChI=1S/C15H18N2OS/c1-15(2,3)12-9-13(19)17-14(16-12)10-7-5-6-8-11(10)18-4/h5-9H,1-4H3,(H,16,17,19). The lowest BCUT2D eigenvalue weighted by Crippen LogP contribution is -2.14. The average Bonchev–Trinajstić information content (AvgIpc) is 2.37. The molecule has 1 aromatic heterocycles. The molecule has 1 heterocycles. The van der Waals surface area contributed by atoms with Crippen LogP contribution in [0.1, 0.15) is 26.5 Å². The molecule has 0 spiro atoms. The largest absolute Gasteiger partial charge is 0.496 e. The van der Waals surface area contributed by atoms with Gasteiger partial charge < -0.3 is 9.72 Å². The Balaban J connectivity index is 2.63. The smallest absolute Gasteiger partial charge is 0.142 e. The number of nitrogens with one attached hydrogen (secondary N) is 1. The molecule has 0 aliphatic heterocycles. The van der Waals surface area contributed by atoms with Gasteiger partial charge in [0.15, 0.2) is 0 Å². The first-order valence-electron chi connectivity index (χ1n) is 6.17. The molecule has 0 aliphatic carbocycles. The lowest BCUT2D eigenvalue weighted by Gasteiger charge is -2.19. The molecule has 1 aromatic carbocycles. The van der Waals surface area contributed by atoms with Gasteiger partial charge in [0.05, 0.1) is 12.7 Å². The fourth-order valence-corrected chi connectivity index (χ4v) is 2.04. The lowest BCUT2D eigenvalue weighted by molar-refractivity contribution is 0.416. The van der Waals surface area contributed by atoms with E-state index in [4.69, 9.17) is 17.0 Å². The van der Waals surface area contributed by atoms with Gasteiger partial charge in [-0.25, -0.2) is 4.98 Å². The summed E-state index contributed by atoms with van der Waals surface area (Å²) < 4.78 is 5.96. The van der Waals surface area contributed by atoms with Crippen molar-refractivity contribution in [2.75, 3.05) is 7.11 Å². The van der Waals surface area contributed by atoms with Crippen molar-refractivity contribution in [3.05, 3.63) is 40.7 Å². The molecule has 0 saturated heterocycles. The van der Waals surface area contributed by atoms with Crippen molar-refractivity contribution in [1.29, 1.82) is 0 Å². The van der Waals surface area contributed by atoms with Gasteiger partial charge in [-0.05, 0) is 18.2 Å². The minimum absolute atomic E-state index is 0.00668. The maximum Gasteiger partial charge on any atom is 0.142 e. The van der Waals surface area contributed by atoms with E-state index >= 15 is 0 Å². The molecule has 0 fully saturated rings. The summed E-state index contributed by atoms with van der Waals surface area (Å²) in [5, 5.41) is 0. The number of benzene rings is 1. The van der Waals surface area contributed by atoms with Crippen LogP contribution in [-0.4, -0.2) is 17.1 Å². The van der Waals surface area contributed by atoms with Crippen LogP contribution in [0.15, 0.2) is 30.3 Å². The SMILES string of the molecule is COc1ccccc1-c1nc(=S)cc(C(C)(C)C)[nH]1. The normalized spacial score (nSPS) is 11.4. The van der Waals surface area contributed by atoms with Gasteiger partial charge in [-0.3, -0.25) is 0 Å². The molecule has 0 atom stereocenters. The van der Waals surface area contributed by atoms with Crippen LogP contribution in [0.5, 0.6) is 5.75 Å². The van der Waals surface area contributed by atoms with Gasteiger partial charge in [0.25, 0.3) is 0 Å². The van der Waals surface area contributed by atoms with Crippen LogP contribution in [-0.2, 0) is 5.41 Å². The number of nitrogens with zero attached hydrogens (tertiary/aromatic N) is 1. The summed E-state index contributed by atoms with van der Waals surface area (Å²) >= 11 is 5.26. The van der Waals surface area contributed by atoms with Gasteiger partial charge in [0, 0.05) is 11.1 Å². The number of aromatic amines is 1. The minimum atomic E-state index is -0.00668. The zero-order valence-electron chi connectivity index (χ0n) is 11.7. The molecule has 1 N–H and O–H groups in total. The number of para-hydroxylation sites is 1. The van der Waals surface area contributed by atoms with E-state index in [0.717, 1.165) is 22.8 Å². The second-order valence-corrected chi connectivity index (χ2v) is 5.85. The predicted octanol–water partition coefficient (Wildman–Crippen LogP) is 4.11. The van der Waals surface area contributed by atoms with Gasteiger partial charge in [-0.2, -0.15) is 0 Å². The Kier molecular flexibility index (Phi) is 3.71. The Morgan fingerprint density at radius 3 is 2.53 bits per heavy atom. The van der Waals surface area contributed by atoms with E-state index in [1.165, 1.54) is 0 Å². The minimum Gasteiger partial charge on any atom is -0.496 e. The highest BCUT2D eigenvalue weighted by Gasteiger charge is 2.17. The van der Waals surface area contributed by atoms with Crippen molar-refractivity contribution in [1.82, 2.24) is 9.97 Å². The molecule has 0 amide bonds. The highest BCUT2D eigenvalue weighted by Crippen LogP contribution is 2.28. The summed E-state index contributed by atoms with van der Waals surface area (Å²) in [4.78, 5) is 7.76. The van der Waals surface area contributed by atoms with Gasteiger partial charge >= 0.3 is 0 Å². The number of hydrogen-bond acceptors (Lipinski definition) is 3. The fourth-order valence-electron chi connectivity index (χ4n) is 1.83. The van der Waals surface area contributed by atoms with Crippen molar-refractivity contribution in [2.45, 2.75) is 26.2 Å². The highest BCUT2D eigenvalue weighted by molar-refractivity contribution is 7.71. The van der Waals surface area contributed by atoms with Crippen LogP contribution in [0.3, 0.4) is 0 Å². The Hall–Kier alpha value is -1.68. The Bertz CT molecular complexity index is 641. The molecule has 19 heavy (non-hydrogen) atoms. The molecule has 0 saturated carbocycles. The molecule has 0 aliphatic rings. The van der Waals surface area contributed by atoms with Crippen LogP contribution in [0.2, 0.25) is 0 Å². The zero-order chi connectivity index (χ0) is 14.0. The third-order valence-corrected chi connectivity index (χ3v) is 3.12. The lowest BCUT2D eigenvalue weighted by atomic mass is 9.92. The first-order chi connectivity index (χ1) is 8.91. The molecule has 0 unspecified atom stereocenters. The highest BCUT2D eigenvalue weighted by atomic mass is 32.1. The topological polar surface area (TPSA) is 37.9 Å². The summed E-state index contributed by atoms with van der Waals surface area (Å²) in [6.45, 7) is 6.42. The molecule has 100 valence electrons. The molecular weight excluding hydrogens is 256 g/mol. The summed E-state index contributed by atoms with van der Waals surface area (Å²) in [6, 6.07) is 9.69. The molecule has 0 radical (unpaired) electrons. The molecule has 2 aromatic rings. The maximum absolute atomic E-state index is 5.37. The van der Waals surface area contributed by atoms with E-state index in [0.29, 0.717) is 4.64 Å². The third-order valence-electron chi connectivity index (χ3n) is 2.91. The second-order valence-electron chi connectivity index (χ2n) is 5.43. The van der Waals surface area contributed by atoms with Crippen molar-refractivity contribution < 1.29 is 4.74 Å². The first kappa shape index (κ1) is 13.7. The first-order valence-corrected chi connectivity index (χ1v) is 6.58. The quantitative estimate of drug-likeness (QED) is 0.837. The van der Waals surface area contributed by atoms with E-state index < -0.39 is 0 Å². The van der Waals surface area contributed by atoms with Gasteiger partial charge in [0.2, 0.25) is 0 Å². The van der Waals surface area contributed by atoms with Gasteiger partial charge in [0.1, 0.15) is 16.2 Å². The van der Waals surface area contributed by atoms with Crippen LogP contribution < -0.4 is 4.74 Å². The predicted molar refractivity (Wildman–Crippen MR) is 80.1 cm³/mol. The number of ether oxygens (including phenoxy) is 1. The van der Waals surface area contributed by atoms with Crippen LogP contribution in [0, 0.1) is 4.64 Å². The monoisotopic (exact) mass is 274 g/mol. The number of hydrogen-bond donors (Lipinski definition) is 1.